The molecule has 0 radical (unpaired) electrons. The Labute approximate surface area is 186 Å². The molecule has 0 saturated carbocycles. The van der Waals surface area contributed by atoms with Crippen LogP contribution in [-0.4, -0.2) is 40.7 Å². The Morgan fingerprint density at radius 2 is 1.97 bits per heavy atom. The molecule has 0 spiro atoms. The van der Waals surface area contributed by atoms with Gasteiger partial charge >= 0.3 is 6.09 Å². The molecule has 0 aliphatic rings. The second kappa shape index (κ2) is 10.8. The van der Waals surface area contributed by atoms with Crippen molar-refractivity contribution in [1.82, 2.24) is 15.3 Å². The molecule has 10 heteroatoms. The zero-order valence-electron chi connectivity index (χ0n) is 18.1. The summed E-state index contributed by atoms with van der Waals surface area (Å²) in [5.74, 6) is 0.0757. The fraction of sp³-hybridized carbons (Fsp3) is 0.429. The summed E-state index contributed by atoms with van der Waals surface area (Å²) in [6, 6.07) is 7.11. The molecule has 31 heavy (non-hydrogen) atoms. The first-order valence-corrected chi connectivity index (χ1v) is 10.3. The van der Waals surface area contributed by atoms with Crippen LogP contribution in [0.1, 0.15) is 50.3 Å². The summed E-state index contributed by atoms with van der Waals surface area (Å²) in [5.41, 5.74) is 6.04. The molecular weight excluding hydrogens is 422 g/mol. The van der Waals surface area contributed by atoms with E-state index in [4.69, 9.17) is 26.8 Å². The number of alkyl carbamates (subject to hydrolysis) is 1. The van der Waals surface area contributed by atoms with Crippen LogP contribution in [0.2, 0.25) is 5.15 Å². The van der Waals surface area contributed by atoms with Gasteiger partial charge in [0.2, 0.25) is 0 Å². The molecule has 2 rings (SSSR count). The molecule has 4 N–H and O–H groups in total. The van der Waals surface area contributed by atoms with Crippen LogP contribution in [0.15, 0.2) is 24.3 Å². The SMILES string of the molecule is CCc1nc(C(N)=O)c(Nc2cccc(OCCCNC(=O)OC(C)(C)C)c2)nc1Cl. The number of ether oxygens (including phenoxy) is 2. The molecule has 2 aromatic rings. The van der Waals surface area contributed by atoms with Crippen molar-refractivity contribution in [3.05, 3.63) is 40.8 Å². The Kier molecular flexibility index (Phi) is 8.44. The van der Waals surface area contributed by atoms with E-state index in [9.17, 15) is 9.59 Å². The predicted octanol–water partition coefficient (Wildman–Crippen LogP) is 3.83. The molecular formula is C21H28ClN5O4. The minimum absolute atomic E-state index is 0.0146. The number of halogens is 1. The number of benzene rings is 1. The maximum absolute atomic E-state index is 11.8. The lowest BCUT2D eigenvalue weighted by Crippen LogP contribution is -2.33. The fourth-order valence-corrected chi connectivity index (χ4v) is 2.76. The van der Waals surface area contributed by atoms with Gasteiger partial charge in [-0.25, -0.2) is 14.8 Å². The number of aromatic nitrogens is 2. The highest BCUT2D eigenvalue weighted by atomic mass is 35.5. The average molecular weight is 450 g/mol. The van der Waals surface area contributed by atoms with Crippen molar-refractivity contribution in [2.45, 2.75) is 46.1 Å². The van der Waals surface area contributed by atoms with Crippen molar-refractivity contribution < 1.29 is 19.1 Å². The third kappa shape index (κ3) is 7.93. The normalized spacial score (nSPS) is 11.0. The second-order valence-corrected chi connectivity index (χ2v) is 8.02. The van der Waals surface area contributed by atoms with Crippen molar-refractivity contribution in [1.29, 1.82) is 0 Å². The van der Waals surface area contributed by atoms with Gasteiger partial charge in [-0.1, -0.05) is 24.6 Å². The van der Waals surface area contributed by atoms with Crippen molar-refractivity contribution in [2.24, 2.45) is 5.73 Å². The summed E-state index contributed by atoms with van der Waals surface area (Å²) in [6.45, 7) is 8.09. The van der Waals surface area contributed by atoms with E-state index < -0.39 is 17.6 Å². The van der Waals surface area contributed by atoms with E-state index in [2.05, 4.69) is 20.6 Å². The summed E-state index contributed by atoms with van der Waals surface area (Å²) in [6.07, 6.45) is 0.665. The fourth-order valence-electron chi connectivity index (χ4n) is 2.50. The molecule has 0 saturated heterocycles. The highest BCUT2D eigenvalue weighted by Gasteiger charge is 2.17. The number of nitrogens with one attached hydrogen (secondary N) is 2. The predicted molar refractivity (Wildman–Crippen MR) is 119 cm³/mol. The summed E-state index contributed by atoms with van der Waals surface area (Å²) in [5, 5.41) is 5.90. The number of primary amides is 1. The van der Waals surface area contributed by atoms with Crippen molar-refractivity contribution >= 4 is 35.1 Å². The molecule has 0 bridgehead atoms. The van der Waals surface area contributed by atoms with Gasteiger partial charge in [0.1, 0.15) is 11.4 Å². The summed E-state index contributed by atoms with van der Waals surface area (Å²) >= 11 is 6.13. The molecule has 0 aliphatic carbocycles. The molecule has 0 fully saturated rings. The lowest BCUT2D eigenvalue weighted by Gasteiger charge is -2.19. The van der Waals surface area contributed by atoms with Gasteiger partial charge in [0.25, 0.3) is 5.91 Å². The van der Waals surface area contributed by atoms with Crippen molar-refractivity contribution in [3.8, 4) is 5.75 Å². The molecule has 0 atom stereocenters. The third-order valence-corrected chi connectivity index (χ3v) is 4.14. The first kappa shape index (κ1) is 24.2. The van der Waals surface area contributed by atoms with E-state index in [0.717, 1.165) is 0 Å². The van der Waals surface area contributed by atoms with Gasteiger partial charge in [-0.15, -0.1) is 0 Å². The van der Waals surface area contributed by atoms with Gasteiger partial charge in [-0.3, -0.25) is 4.79 Å². The Hall–Kier alpha value is -3.07. The highest BCUT2D eigenvalue weighted by Crippen LogP contribution is 2.24. The summed E-state index contributed by atoms with van der Waals surface area (Å²) in [4.78, 5) is 31.8. The van der Waals surface area contributed by atoms with Crippen molar-refractivity contribution in [3.63, 3.8) is 0 Å². The number of carbonyl (C=O) groups is 2. The molecule has 0 unspecified atom stereocenters. The summed E-state index contributed by atoms with van der Waals surface area (Å²) < 4.78 is 10.9. The minimum Gasteiger partial charge on any atom is -0.493 e. The van der Waals surface area contributed by atoms with Crippen LogP contribution >= 0.6 is 11.6 Å². The van der Waals surface area contributed by atoms with E-state index in [-0.39, 0.29) is 16.7 Å². The zero-order chi connectivity index (χ0) is 23.0. The summed E-state index contributed by atoms with van der Waals surface area (Å²) in [7, 11) is 0. The Balaban J connectivity index is 1.94. The quantitative estimate of drug-likeness (QED) is 0.496. The number of anilines is 2. The van der Waals surface area contributed by atoms with E-state index in [1.807, 2.05) is 6.92 Å². The topological polar surface area (TPSA) is 128 Å². The van der Waals surface area contributed by atoms with Crippen LogP contribution in [0.5, 0.6) is 5.75 Å². The Morgan fingerprint density at radius 1 is 1.23 bits per heavy atom. The van der Waals surface area contributed by atoms with Gasteiger partial charge < -0.3 is 25.8 Å². The molecule has 2 amide bonds. The van der Waals surface area contributed by atoms with Gasteiger partial charge in [-0.05, 0) is 45.7 Å². The van der Waals surface area contributed by atoms with E-state index in [1.54, 1.807) is 45.0 Å². The molecule has 9 nitrogen and oxygen atoms in total. The third-order valence-electron chi connectivity index (χ3n) is 3.84. The van der Waals surface area contributed by atoms with Crippen LogP contribution < -0.4 is 21.1 Å². The van der Waals surface area contributed by atoms with Crippen LogP contribution in [-0.2, 0) is 11.2 Å². The Bertz CT molecular complexity index is 930. The highest BCUT2D eigenvalue weighted by molar-refractivity contribution is 6.30. The first-order valence-electron chi connectivity index (χ1n) is 9.92. The van der Waals surface area contributed by atoms with Gasteiger partial charge in [-0.2, -0.15) is 0 Å². The van der Waals surface area contributed by atoms with Crippen LogP contribution in [0.4, 0.5) is 16.3 Å². The van der Waals surface area contributed by atoms with Crippen LogP contribution in [0.25, 0.3) is 0 Å². The first-order chi connectivity index (χ1) is 14.6. The van der Waals surface area contributed by atoms with E-state index in [0.29, 0.717) is 43.1 Å². The lowest BCUT2D eigenvalue weighted by atomic mass is 10.2. The largest absolute Gasteiger partial charge is 0.493 e. The molecule has 1 heterocycles. The number of hydrogen-bond acceptors (Lipinski definition) is 7. The number of nitrogens with zero attached hydrogens (tertiary/aromatic N) is 2. The van der Waals surface area contributed by atoms with E-state index in [1.165, 1.54) is 0 Å². The number of hydrogen-bond donors (Lipinski definition) is 3. The number of nitrogens with two attached hydrogens (primary N) is 1. The molecule has 168 valence electrons. The average Bonchev–Trinajstić information content (AvgIpc) is 2.66. The number of carbonyl (C=O) groups excluding carboxylic acids is 2. The van der Waals surface area contributed by atoms with E-state index >= 15 is 0 Å². The van der Waals surface area contributed by atoms with Crippen LogP contribution in [0.3, 0.4) is 0 Å². The molecule has 1 aromatic carbocycles. The monoisotopic (exact) mass is 449 g/mol. The minimum atomic E-state index is -0.703. The standard InChI is InChI=1S/C21H28ClN5O4/c1-5-15-17(22)27-19(16(26-15)18(23)28)25-13-8-6-9-14(12-13)30-11-7-10-24-20(29)31-21(2,3)4/h6,8-9,12H,5,7,10-11H2,1-4H3,(H2,23,28)(H,24,29)(H,25,27). The maximum Gasteiger partial charge on any atom is 0.407 e. The Morgan fingerprint density at radius 3 is 2.61 bits per heavy atom. The van der Waals surface area contributed by atoms with Gasteiger partial charge in [0.05, 0.1) is 12.3 Å². The maximum atomic E-state index is 11.8. The van der Waals surface area contributed by atoms with Crippen LogP contribution in [0, 0.1) is 0 Å². The number of aryl methyl sites for hydroxylation is 1. The van der Waals surface area contributed by atoms with Gasteiger partial charge in [0, 0.05) is 18.3 Å². The molecule has 1 aromatic heterocycles. The second-order valence-electron chi connectivity index (χ2n) is 7.66. The smallest absolute Gasteiger partial charge is 0.407 e. The number of rotatable bonds is 9. The lowest BCUT2D eigenvalue weighted by molar-refractivity contribution is 0.0525. The van der Waals surface area contributed by atoms with Gasteiger partial charge in [0.15, 0.2) is 16.7 Å². The molecule has 0 aliphatic heterocycles. The number of amides is 2. The van der Waals surface area contributed by atoms with Crippen molar-refractivity contribution in [2.75, 3.05) is 18.5 Å². The zero-order valence-corrected chi connectivity index (χ0v) is 18.9.